The van der Waals surface area contributed by atoms with Gasteiger partial charge in [0.05, 0.1) is 27.8 Å². The maximum absolute atomic E-state index is 2.47. The van der Waals surface area contributed by atoms with E-state index in [0.29, 0.717) is 0 Å². The van der Waals surface area contributed by atoms with Crippen LogP contribution < -0.4 is 9.80 Å². The highest BCUT2D eigenvalue weighted by molar-refractivity contribution is 6.31. The molecule has 28 aromatic rings. The molecule has 2 aromatic heterocycles. The molecule has 0 aliphatic heterocycles. The second kappa shape index (κ2) is 37.7. The van der Waals surface area contributed by atoms with Gasteiger partial charge in [0.2, 0.25) is 0 Å². The Morgan fingerprint density at radius 2 is 0.318 bits per heavy atom. The average molecular weight is 1880 g/mol. The predicted octanol–water partition coefficient (Wildman–Crippen LogP) is 40.1. The monoisotopic (exact) mass is 1880 g/mol. The Morgan fingerprint density at radius 3 is 0.615 bits per heavy atom. The molecule has 28 rings (SSSR count). The Hall–Kier alpha value is -19.5. The number of hydrogen-bond donors (Lipinski definition) is 0. The number of aromatic nitrogens is 2. The molecule has 148 heavy (non-hydrogen) atoms. The van der Waals surface area contributed by atoms with Gasteiger partial charge in [0.25, 0.3) is 0 Å². The van der Waals surface area contributed by atoms with E-state index in [1.807, 2.05) is 0 Å². The van der Waals surface area contributed by atoms with Crippen LogP contribution in [0.4, 0.5) is 34.1 Å². The van der Waals surface area contributed by atoms with E-state index in [1.165, 1.54) is 220 Å². The van der Waals surface area contributed by atoms with Gasteiger partial charge in [-0.2, -0.15) is 0 Å². The van der Waals surface area contributed by atoms with Crippen LogP contribution in [-0.4, -0.2) is 9.13 Å². The minimum absolute atomic E-state index is 1.07. The molecule has 0 unspecified atom stereocenters. The maximum atomic E-state index is 2.47. The van der Waals surface area contributed by atoms with Crippen LogP contribution in [0.1, 0.15) is 0 Å². The molecular weight excluding hydrogens is 1790 g/mol. The quantitative estimate of drug-likeness (QED) is 0.0796. The Balaban J connectivity index is 0.000000147. The predicted molar refractivity (Wildman–Crippen MR) is 630 cm³/mol. The normalized spacial score (nSPS) is 11.5. The van der Waals surface area contributed by atoms with Crippen LogP contribution in [0.25, 0.3) is 231 Å². The van der Waals surface area contributed by atoms with Gasteiger partial charge in [-0.05, 0) is 299 Å². The summed E-state index contributed by atoms with van der Waals surface area (Å²) in [6, 6.07) is 213. The molecule has 4 nitrogen and oxygen atoms in total. The number of hydrogen-bond acceptors (Lipinski definition) is 2. The van der Waals surface area contributed by atoms with Crippen molar-refractivity contribution in [2.75, 3.05) is 9.80 Å². The minimum Gasteiger partial charge on any atom is -0.311 e. The van der Waals surface area contributed by atoms with Crippen molar-refractivity contribution in [1.29, 1.82) is 0 Å². The fraction of sp³-hybridized carbons (Fsp3) is 0. The molecule has 0 N–H and O–H groups in total. The zero-order chi connectivity index (χ0) is 97.9. The van der Waals surface area contributed by atoms with Gasteiger partial charge in [-0.3, -0.25) is 0 Å². The van der Waals surface area contributed by atoms with Gasteiger partial charge in [0.1, 0.15) is 0 Å². The molecule has 0 bridgehead atoms. The van der Waals surface area contributed by atoms with Gasteiger partial charge in [-0.25, -0.2) is 0 Å². The van der Waals surface area contributed by atoms with Crippen molar-refractivity contribution in [2.24, 2.45) is 0 Å². The van der Waals surface area contributed by atoms with Crippen LogP contribution in [0.5, 0.6) is 0 Å². The Morgan fingerprint density at radius 1 is 0.115 bits per heavy atom. The highest BCUT2D eigenvalue weighted by Gasteiger charge is 2.29. The molecule has 0 spiro atoms. The Bertz CT molecular complexity index is 9540. The molecule has 0 aliphatic rings. The summed E-state index contributed by atoms with van der Waals surface area (Å²) in [6.07, 6.45) is 0. The fourth-order valence-corrected chi connectivity index (χ4v) is 23.3. The first-order valence-corrected chi connectivity index (χ1v) is 51.0. The van der Waals surface area contributed by atoms with E-state index in [9.17, 15) is 0 Å². The third-order valence-electron chi connectivity index (χ3n) is 29.9. The molecule has 692 valence electrons. The maximum Gasteiger partial charge on any atom is 0.0618 e. The first-order chi connectivity index (χ1) is 73.5. The van der Waals surface area contributed by atoms with Crippen LogP contribution in [0, 0.1) is 0 Å². The van der Waals surface area contributed by atoms with Crippen molar-refractivity contribution in [1.82, 2.24) is 9.13 Å². The van der Waals surface area contributed by atoms with E-state index < -0.39 is 0 Å². The van der Waals surface area contributed by atoms with Crippen molar-refractivity contribution < 1.29 is 0 Å². The highest BCUT2D eigenvalue weighted by atomic mass is 15.2. The summed E-state index contributed by atoms with van der Waals surface area (Å²) in [5.74, 6) is 0. The van der Waals surface area contributed by atoms with Gasteiger partial charge >= 0.3 is 0 Å². The zero-order valence-corrected chi connectivity index (χ0v) is 81.2. The Labute approximate surface area is 860 Å². The standard InChI is InChI=1S/C76H50N2.C68H46N2/c1-5-23-51(24-6-1)54-41-47-71-69(49-54)70-50-55(52-25-7-2-8-26-52)42-48-72(70)78(71)58-45-43-57(44-46-58)77(56-29-11-4-12-30-56)76-67-39-21-19-37-65(67)75(66-38-20-22-40-68(66)76)74-63-35-17-15-33-61(63)73(62-34-16-18-36-64(62)74)60-32-14-13-31-59(60)53-27-9-3-10-28-53;1-5-19-47(20-6-1)51-35-43-65-63(45-51)64-46-52(48-21-7-2-8-22-48)36-44-66(64)70(65)56-41-39-55(40-42-56)69(53-25-11-4-12-26-53)54-37-33-50(34-38-54)67-59-29-15-17-31-61(59)68(62-32-18-16-30-60(62)67)58-28-14-13-27-57(58)49-23-9-3-10-24-49/h1-50H;1-46H. The number of para-hydroxylation sites is 2. The lowest BCUT2D eigenvalue weighted by Crippen LogP contribution is -2.11. The summed E-state index contributed by atoms with van der Waals surface area (Å²) in [5, 5.41) is 19.5. The third kappa shape index (κ3) is 15.5. The van der Waals surface area contributed by atoms with Crippen LogP contribution in [0.2, 0.25) is 0 Å². The van der Waals surface area contributed by atoms with Crippen LogP contribution in [0.3, 0.4) is 0 Å². The molecular formula is C144H96N4. The molecule has 2 heterocycles. The van der Waals surface area contributed by atoms with Crippen LogP contribution in [-0.2, 0) is 0 Å². The van der Waals surface area contributed by atoms with Gasteiger partial charge < -0.3 is 18.9 Å². The first kappa shape index (κ1) is 87.5. The molecule has 0 fully saturated rings. The third-order valence-corrected chi connectivity index (χ3v) is 29.9. The number of anilines is 6. The number of fused-ring (bicyclic) bond motifs is 12. The largest absolute Gasteiger partial charge is 0.311 e. The van der Waals surface area contributed by atoms with E-state index in [4.69, 9.17) is 0 Å². The highest BCUT2D eigenvalue weighted by Crippen LogP contribution is 2.55. The molecule has 0 saturated heterocycles. The zero-order valence-electron chi connectivity index (χ0n) is 81.2. The van der Waals surface area contributed by atoms with E-state index in [2.05, 4.69) is 601 Å². The minimum atomic E-state index is 1.07. The lowest BCUT2D eigenvalue weighted by Gasteiger charge is -2.30. The van der Waals surface area contributed by atoms with Crippen molar-refractivity contribution >= 4 is 142 Å². The van der Waals surface area contributed by atoms with Crippen LogP contribution in [0.15, 0.2) is 582 Å². The van der Waals surface area contributed by atoms with Crippen molar-refractivity contribution in [3.63, 3.8) is 0 Å². The number of nitrogens with zero attached hydrogens (tertiary/aromatic N) is 4. The lowest BCUT2D eigenvalue weighted by molar-refractivity contribution is 1.17. The average Bonchev–Trinajstić information content (AvgIpc) is 0.879. The molecule has 0 saturated carbocycles. The summed E-state index contributed by atoms with van der Waals surface area (Å²) >= 11 is 0. The van der Waals surface area contributed by atoms with Crippen LogP contribution >= 0.6 is 0 Å². The first-order valence-electron chi connectivity index (χ1n) is 51.0. The summed E-state index contributed by atoms with van der Waals surface area (Å²) in [5.41, 5.74) is 37.9. The van der Waals surface area contributed by atoms with E-state index in [1.54, 1.807) is 0 Å². The second-order valence-corrected chi connectivity index (χ2v) is 38.3. The van der Waals surface area contributed by atoms with Gasteiger partial charge in [-0.15, -0.1) is 0 Å². The number of rotatable bonds is 18. The molecule has 26 aromatic carbocycles. The smallest absolute Gasteiger partial charge is 0.0618 e. The molecule has 0 aliphatic carbocycles. The van der Waals surface area contributed by atoms with E-state index >= 15 is 0 Å². The SMILES string of the molecule is c1ccc(-c2ccc3c(c2)c2cc(-c4ccccc4)ccc2n3-c2ccc(N(c3ccccc3)c3c4ccccc4c(-c4c5ccccc5c(-c5ccccc5-c5ccccc5)c5ccccc45)c4ccccc34)cc2)cc1.c1ccc(-c2ccc3c(c2)c2cc(-c4ccccc4)ccc2n3-c2ccc(N(c3ccccc3)c3ccc(-c4c5ccccc5c(-c5ccccc5-c5ccccc5)c5ccccc45)cc3)cc2)cc1. The molecule has 4 heteroatoms. The summed E-state index contributed by atoms with van der Waals surface area (Å²) in [7, 11) is 0. The van der Waals surface area contributed by atoms with Gasteiger partial charge in [0.15, 0.2) is 0 Å². The Kier molecular flexibility index (Phi) is 22.3. The summed E-state index contributed by atoms with van der Waals surface area (Å²) in [6.45, 7) is 0. The van der Waals surface area contributed by atoms with Crippen molar-refractivity contribution in [3.05, 3.63) is 582 Å². The van der Waals surface area contributed by atoms with Gasteiger partial charge in [-0.1, -0.05) is 449 Å². The molecule has 0 radical (unpaired) electrons. The molecule has 0 amide bonds. The van der Waals surface area contributed by atoms with Crippen molar-refractivity contribution in [3.8, 4) is 123 Å². The summed E-state index contributed by atoms with van der Waals surface area (Å²) < 4.78 is 4.85. The van der Waals surface area contributed by atoms with Crippen molar-refractivity contribution in [2.45, 2.75) is 0 Å². The van der Waals surface area contributed by atoms with Gasteiger partial charge in [0, 0.05) is 72.1 Å². The summed E-state index contributed by atoms with van der Waals surface area (Å²) in [4.78, 5) is 4.83. The fourth-order valence-electron chi connectivity index (χ4n) is 23.3. The topological polar surface area (TPSA) is 16.3 Å². The molecule has 0 atom stereocenters. The van der Waals surface area contributed by atoms with E-state index in [-0.39, 0.29) is 0 Å². The second-order valence-electron chi connectivity index (χ2n) is 38.3. The lowest BCUT2D eigenvalue weighted by atomic mass is 9.81. The number of benzene rings is 26. The van der Waals surface area contributed by atoms with E-state index in [0.717, 1.165) is 45.5 Å².